The number of methoxy groups -OCH3 is 1. The highest BCUT2D eigenvalue weighted by molar-refractivity contribution is 6.37. The molecule has 22 heavy (non-hydrogen) atoms. The van der Waals surface area contributed by atoms with Gasteiger partial charge in [0.15, 0.2) is 5.75 Å². The maximum atomic E-state index is 11.9. The summed E-state index contributed by atoms with van der Waals surface area (Å²) >= 11 is 11.6. The zero-order valence-corrected chi connectivity index (χ0v) is 13.0. The van der Waals surface area contributed by atoms with E-state index in [9.17, 15) is 9.90 Å². The number of benzene rings is 2. The van der Waals surface area contributed by atoms with Gasteiger partial charge in [0, 0.05) is 5.56 Å². The van der Waals surface area contributed by atoms with Gasteiger partial charge in [-0.25, -0.2) is 5.43 Å². The van der Waals surface area contributed by atoms with Crippen LogP contribution in [0.3, 0.4) is 0 Å². The molecule has 5 nitrogen and oxygen atoms in total. The lowest BCUT2D eigenvalue weighted by atomic mass is 10.2. The fourth-order valence-electron chi connectivity index (χ4n) is 1.65. The van der Waals surface area contributed by atoms with Crippen molar-refractivity contribution in [1.82, 2.24) is 5.43 Å². The highest BCUT2D eigenvalue weighted by Gasteiger charge is 2.07. The number of aromatic hydroxyl groups is 1. The maximum absolute atomic E-state index is 11.9. The Labute approximate surface area is 137 Å². The molecule has 0 heterocycles. The van der Waals surface area contributed by atoms with Crippen molar-refractivity contribution in [2.45, 2.75) is 0 Å². The number of ether oxygens (including phenoxy) is 1. The molecule has 2 rings (SSSR count). The van der Waals surface area contributed by atoms with E-state index in [-0.39, 0.29) is 21.7 Å². The van der Waals surface area contributed by atoms with Gasteiger partial charge >= 0.3 is 0 Å². The van der Waals surface area contributed by atoms with Crippen LogP contribution in [-0.4, -0.2) is 24.3 Å². The van der Waals surface area contributed by atoms with Gasteiger partial charge < -0.3 is 9.84 Å². The third-order valence-corrected chi connectivity index (χ3v) is 3.33. The third kappa shape index (κ3) is 3.90. The molecule has 0 spiro atoms. The van der Waals surface area contributed by atoms with Crippen molar-refractivity contribution in [1.29, 1.82) is 0 Å². The second-order valence-corrected chi connectivity index (χ2v) is 5.08. The molecule has 0 aliphatic rings. The molecular formula is C15H12Cl2N2O3. The van der Waals surface area contributed by atoms with E-state index in [0.29, 0.717) is 16.9 Å². The summed E-state index contributed by atoms with van der Waals surface area (Å²) in [5.41, 5.74) is 3.33. The molecular weight excluding hydrogens is 327 g/mol. The van der Waals surface area contributed by atoms with Gasteiger partial charge in [-0.15, -0.1) is 0 Å². The fraction of sp³-hybridized carbons (Fsp3) is 0.0667. The van der Waals surface area contributed by atoms with Gasteiger partial charge in [0.25, 0.3) is 5.91 Å². The van der Waals surface area contributed by atoms with Crippen LogP contribution < -0.4 is 10.2 Å². The van der Waals surface area contributed by atoms with E-state index in [4.69, 9.17) is 27.9 Å². The number of halogens is 2. The van der Waals surface area contributed by atoms with Crippen LogP contribution >= 0.6 is 23.2 Å². The van der Waals surface area contributed by atoms with Gasteiger partial charge in [-0.2, -0.15) is 5.10 Å². The number of rotatable bonds is 4. The van der Waals surface area contributed by atoms with Crippen LogP contribution in [-0.2, 0) is 0 Å². The molecule has 0 aromatic heterocycles. The van der Waals surface area contributed by atoms with Crippen molar-refractivity contribution in [3.8, 4) is 11.5 Å². The molecule has 2 aromatic carbocycles. The average molecular weight is 339 g/mol. The Morgan fingerprint density at radius 1 is 1.27 bits per heavy atom. The van der Waals surface area contributed by atoms with Gasteiger partial charge in [0.2, 0.25) is 0 Å². The van der Waals surface area contributed by atoms with E-state index >= 15 is 0 Å². The van der Waals surface area contributed by atoms with E-state index in [1.54, 1.807) is 24.3 Å². The van der Waals surface area contributed by atoms with Crippen LogP contribution in [0.5, 0.6) is 11.5 Å². The molecule has 0 aliphatic heterocycles. The normalized spacial score (nSPS) is 10.7. The number of amides is 1. The van der Waals surface area contributed by atoms with Crippen molar-refractivity contribution in [3.05, 3.63) is 57.6 Å². The molecule has 0 saturated heterocycles. The molecule has 0 saturated carbocycles. The summed E-state index contributed by atoms with van der Waals surface area (Å²) in [5, 5.41) is 13.5. The monoisotopic (exact) mass is 338 g/mol. The summed E-state index contributed by atoms with van der Waals surface area (Å²) in [6.45, 7) is 0. The van der Waals surface area contributed by atoms with Crippen LogP contribution in [0.1, 0.15) is 15.9 Å². The molecule has 0 aliphatic carbocycles. The molecule has 0 fully saturated rings. The molecule has 0 atom stereocenters. The van der Waals surface area contributed by atoms with Crippen LogP contribution in [0, 0.1) is 0 Å². The Kier molecular flexibility index (Phi) is 5.25. The Morgan fingerprint density at radius 2 is 1.95 bits per heavy atom. The Hall–Kier alpha value is -2.24. The largest absolute Gasteiger partial charge is 0.505 e. The van der Waals surface area contributed by atoms with Crippen LogP contribution in [0.15, 0.2) is 41.5 Å². The summed E-state index contributed by atoms with van der Waals surface area (Å²) in [7, 11) is 1.52. The second kappa shape index (κ2) is 7.15. The number of hydrogen-bond donors (Lipinski definition) is 2. The highest BCUT2D eigenvalue weighted by atomic mass is 35.5. The van der Waals surface area contributed by atoms with Gasteiger partial charge in [0.05, 0.1) is 23.4 Å². The number of nitrogens with zero attached hydrogens (tertiary/aromatic N) is 1. The average Bonchev–Trinajstić information content (AvgIpc) is 2.52. The van der Waals surface area contributed by atoms with Gasteiger partial charge in [-0.05, 0) is 35.9 Å². The fourth-order valence-corrected chi connectivity index (χ4v) is 2.16. The van der Waals surface area contributed by atoms with Crippen molar-refractivity contribution in [2.24, 2.45) is 5.10 Å². The first-order chi connectivity index (χ1) is 10.5. The lowest BCUT2D eigenvalue weighted by molar-refractivity contribution is 0.0955. The molecule has 0 bridgehead atoms. The smallest absolute Gasteiger partial charge is 0.271 e. The zero-order chi connectivity index (χ0) is 16.1. The summed E-state index contributed by atoms with van der Waals surface area (Å²) < 4.78 is 5.04. The van der Waals surface area contributed by atoms with Crippen molar-refractivity contribution in [2.75, 3.05) is 7.11 Å². The highest BCUT2D eigenvalue weighted by Crippen LogP contribution is 2.32. The Bertz CT molecular complexity index is 709. The van der Waals surface area contributed by atoms with Crippen molar-refractivity contribution < 1.29 is 14.6 Å². The predicted molar refractivity (Wildman–Crippen MR) is 86.2 cm³/mol. The lowest BCUT2D eigenvalue weighted by Gasteiger charge is -2.03. The van der Waals surface area contributed by atoms with Crippen molar-refractivity contribution in [3.63, 3.8) is 0 Å². The zero-order valence-electron chi connectivity index (χ0n) is 11.5. The number of hydrazone groups is 1. The van der Waals surface area contributed by atoms with E-state index in [2.05, 4.69) is 10.5 Å². The van der Waals surface area contributed by atoms with Crippen LogP contribution in [0.4, 0.5) is 0 Å². The van der Waals surface area contributed by atoms with Gasteiger partial charge in [-0.3, -0.25) is 4.79 Å². The molecule has 7 heteroatoms. The SMILES string of the molecule is COc1cccc(C(=O)N/N=C/c2cc(Cl)c(O)c(Cl)c2)c1. The first-order valence-electron chi connectivity index (χ1n) is 6.16. The third-order valence-electron chi connectivity index (χ3n) is 2.75. The van der Waals surface area contributed by atoms with E-state index in [1.807, 2.05) is 0 Å². The van der Waals surface area contributed by atoms with Crippen molar-refractivity contribution >= 4 is 35.3 Å². The molecule has 2 aromatic rings. The number of carbonyl (C=O) groups is 1. The van der Waals surface area contributed by atoms with E-state index < -0.39 is 0 Å². The molecule has 114 valence electrons. The number of hydrogen-bond acceptors (Lipinski definition) is 4. The Balaban J connectivity index is 2.07. The number of carbonyl (C=O) groups excluding carboxylic acids is 1. The first-order valence-corrected chi connectivity index (χ1v) is 6.92. The summed E-state index contributed by atoms with van der Waals surface area (Å²) in [4.78, 5) is 11.9. The molecule has 0 radical (unpaired) electrons. The standard InChI is InChI=1S/C15H12Cl2N2O3/c1-22-11-4-2-3-10(7-11)15(21)19-18-8-9-5-12(16)14(20)13(17)6-9/h2-8,20H,1H3,(H,19,21)/b18-8+. The maximum Gasteiger partial charge on any atom is 0.271 e. The van der Waals surface area contributed by atoms with E-state index in [1.165, 1.54) is 25.5 Å². The van der Waals surface area contributed by atoms with Crippen LogP contribution in [0.2, 0.25) is 10.0 Å². The topological polar surface area (TPSA) is 70.9 Å². The number of phenolic OH excluding ortho intramolecular Hbond substituents is 1. The minimum atomic E-state index is -0.383. The van der Waals surface area contributed by atoms with Gasteiger partial charge in [0.1, 0.15) is 5.75 Å². The Morgan fingerprint density at radius 3 is 2.59 bits per heavy atom. The summed E-state index contributed by atoms with van der Waals surface area (Å²) in [5.74, 6) is 0.000694. The second-order valence-electron chi connectivity index (χ2n) is 4.26. The molecule has 1 amide bonds. The van der Waals surface area contributed by atoms with Gasteiger partial charge in [-0.1, -0.05) is 29.3 Å². The first kappa shape index (κ1) is 16.1. The predicted octanol–water partition coefficient (Wildman–Crippen LogP) is 3.47. The summed E-state index contributed by atoms with van der Waals surface area (Å²) in [6, 6.07) is 9.63. The number of nitrogens with one attached hydrogen (secondary N) is 1. The summed E-state index contributed by atoms with van der Waals surface area (Å²) in [6.07, 6.45) is 1.37. The quantitative estimate of drug-likeness (QED) is 0.662. The number of phenols is 1. The van der Waals surface area contributed by atoms with Crippen LogP contribution in [0.25, 0.3) is 0 Å². The minimum absolute atomic E-state index is 0.105. The minimum Gasteiger partial charge on any atom is -0.505 e. The molecule has 2 N–H and O–H groups in total. The lowest BCUT2D eigenvalue weighted by Crippen LogP contribution is -2.17. The van der Waals surface area contributed by atoms with E-state index in [0.717, 1.165) is 0 Å². The molecule has 0 unspecified atom stereocenters.